The zero-order chi connectivity index (χ0) is 25.1. The van der Waals surface area contributed by atoms with Crippen molar-refractivity contribution < 1.29 is 19.1 Å². The third-order valence-electron chi connectivity index (χ3n) is 5.65. The fourth-order valence-electron chi connectivity index (χ4n) is 3.98. The number of carbonyl (C=O) groups excluding carboxylic acids is 3. The van der Waals surface area contributed by atoms with Gasteiger partial charge in [-0.05, 0) is 67.3 Å². The molecule has 35 heavy (non-hydrogen) atoms. The van der Waals surface area contributed by atoms with Crippen LogP contribution in [-0.4, -0.2) is 17.8 Å². The van der Waals surface area contributed by atoms with Crippen LogP contribution in [-0.2, 0) is 22.6 Å². The van der Waals surface area contributed by atoms with Crippen molar-refractivity contribution in [1.82, 2.24) is 5.32 Å². The summed E-state index contributed by atoms with van der Waals surface area (Å²) in [7, 11) is 0. The van der Waals surface area contributed by atoms with E-state index in [1.807, 2.05) is 32.9 Å². The molecule has 6 nitrogen and oxygen atoms in total. The van der Waals surface area contributed by atoms with Crippen LogP contribution in [0.2, 0.25) is 5.02 Å². The van der Waals surface area contributed by atoms with Gasteiger partial charge in [-0.25, -0.2) is 9.69 Å². The zero-order valence-corrected chi connectivity index (χ0v) is 20.5. The van der Waals surface area contributed by atoms with Crippen molar-refractivity contribution in [1.29, 1.82) is 0 Å². The van der Waals surface area contributed by atoms with E-state index in [4.69, 9.17) is 16.3 Å². The first kappa shape index (κ1) is 24.2. The molecule has 1 saturated heterocycles. The highest BCUT2D eigenvalue weighted by atomic mass is 35.5. The molecule has 4 amide bonds. The Morgan fingerprint density at radius 2 is 1.60 bits per heavy atom. The number of nitrogens with one attached hydrogen (secondary N) is 1. The van der Waals surface area contributed by atoms with E-state index in [2.05, 4.69) is 23.5 Å². The smallest absolute Gasteiger partial charge is 0.335 e. The maximum atomic E-state index is 13.1. The number of halogens is 1. The van der Waals surface area contributed by atoms with Gasteiger partial charge < -0.3 is 4.74 Å². The molecular weight excluding hydrogens is 464 g/mol. The zero-order valence-electron chi connectivity index (χ0n) is 19.7. The average Bonchev–Trinajstić information content (AvgIpc) is 2.81. The van der Waals surface area contributed by atoms with Gasteiger partial charge in [0.1, 0.15) is 17.9 Å². The fourth-order valence-corrected chi connectivity index (χ4v) is 4.22. The molecular formula is C28H25ClN2O4. The number of imide groups is 2. The van der Waals surface area contributed by atoms with Crippen molar-refractivity contribution in [2.24, 2.45) is 0 Å². The number of aryl methyl sites for hydroxylation is 3. The lowest BCUT2D eigenvalue weighted by molar-refractivity contribution is -0.122. The van der Waals surface area contributed by atoms with Crippen LogP contribution in [0, 0.1) is 13.8 Å². The Kier molecular flexibility index (Phi) is 7.03. The number of nitrogens with zero attached hydrogens (tertiary/aromatic N) is 1. The lowest BCUT2D eigenvalue weighted by atomic mass is 10.1. The van der Waals surface area contributed by atoms with Crippen molar-refractivity contribution in [3.8, 4) is 5.75 Å². The van der Waals surface area contributed by atoms with Crippen molar-refractivity contribution in [3.63, 3.8) is 0 Å². The molecule has 1 heterocycles. The van der Waals surface area contributed by atoms with Crippen LogP contribution in [0.4, 0.5) is 10.5 Å². The summed E-state index contributed by atoms with van der Waals surface area (Å²) < 4.78 is 5.88. The lowest BCUT2D eigenvalue weighted by Crippen LogP contribution is -2.54. The molecule has 1 fully saturated rings. The van der Waals surface area contributed by atoms with Crippen molar-refractivity contribution in [2.45, 2.75) is 33.8 Å². The van der Waals surface area contributed by atoms with Gasteiger partial charge in [0.25, 0.3) is 11.8 Å². The number of amides is 4. The van der Waals surface area contributed by atoms with Gasteiger partial charge in [0.2, 0.25) is 0 Å². The Hall–Kier alpha value is -3.90. The first-order valence-corrected chi connectivity index (χ1v) is 11.6. The summed E-state index contributed by atoms with van der Waals surface area (Å²) in [4.78, 5) is 38.9. The number of benzene rings is 3. The highest BCUT2D eigenvalue weighted by molar-refractivity contribution is 6.39. The van der Waals surface area contributed by atoms with E-state index in [1.165, 1.54) is 6.08 Å². The van der Waals surface area contributed by atoms with Crippen molar-refractivity contribution in [2.75, 3.05) is 4.90 Å². The minimum Gasteiger partial charge on any atom is -0.487 e. The average molecular weight is 489 g/mol. The molecule has 0 saturated carbocycles. The van der Waals surface area contributed by atoms with Crippen LogP contribution < -0.4 is 15.0 Å². The predicted molar refractivity (Wildman–Crippen MR) is 137 cm³/mol. The van der Waals surface area contributed by atoms with Crippen LogP contribution in [0.25, 0.3) is 6.08 Å². The van der Waals surface area contributed by atoms with Gasteiger partial charge in [-0.2, -0.15) is 0 Å². The molecule has 4 rings (SSSR count). The molecule has 0 bridgehead atoms. The molecule has 3 aromatic rings. The first-order chi connectivity index (χ1) is 16.7. The van der Waals surface area contributed by atoms with E-state index in [0.29, 0.717) is 28.6 Å². The van der Waals surface area contributed by atoms with E-state index in [0.717, 1.165) is 33.6 Å². The number of anilines is 1. The molecule has 0 aromatic heterocycles. The van der Waals surface area contributed by atoms with Crippen LogP contribution in [0.5, 0.6) is 5.75 Å². The van der Waals surface area contributed by atoms with Gasteiger partial charge in [0.05, 0.1) is 10.7 Å². The van der Waals surface area contributed by atoms with Gasteiger partial charge in [0.15, 0.2) is 0 Å². The summed E-state index contributed by atoms with van der Waals surface area (Å²) in [5, 5.41) is 2.58. The minimum atomic E-state index is -0.783. The summed E-state index contributed by atoms with van der Waals surface area (Å²) in [6.07, 6.45) is 2.24. The van der Waals surface area contributed by atoms with Crippen molar-refractivity contribution >= 4 is 41.2 Å². The van der Waals surface area contributed by atoms with Crippen LogP contribution in [0.1, 0.15) is 34.7 Å². The molecule has 0 unspecified atom stereocenters. The lowest BCUT2D eigenvalue weighted by Gasteiger charge is -2.26. The maximum Gasteiger partial charge on any atom is 0.335 e. The molecule has 0 radical (unpaired) electrons. The van der Waals surface area contributed by atoms with Crippen LogP contribution in [0.3, 0.4) is 0 Å². The molecule has 1 N–H and O–H groups in total. The predicted octanol–water partition coefficient (Wildman–Crippen LogP) is 5.76. The molecule has 0 aliphatic carbocycles. The molecule has 1 aliphatic rings. The number of ether oxygens (including phenoxy) is 1. The minimum absolute atomic E-state index is 0.163. The van der Waals surface area contributed by atoms with Gasteiger partial charge in [-0.3, -0.25) is 14.9 Å². The Labute approximate surface area is 209 Å². The Morgan fingerprint density at radius 1 is 0.914 bits per heavy atom. The molecule has 0 atom stereocenters. The highest BCUT2D eigenvalue weighted by Crippen LogP contribution is 2.29. The van der Waals surface area contributed by atoms with Gasteiger partial charge in [-0.1, -0.05) is 66.0 Å². The van der Waals surface area contributed by atoms with E-state index < -0.39 is 17.8 Å². The first-order valence-electron chi connectivity index (χ1n) is 11.2. The van der Waals surface area contributed by atoms with Gasteiger partial charge in [0, 0.05) is 0 Å². The van der Waals surface area contributed by atoms with E-state index >= 15 is 0 Å². The maximum absolute atomic E-state index is 13.1. The number of barbiturate groups is 1. The SMILES string of the molecule is CCc1ccc(N2C(=O)NC(=O)/C(=C\c3ccc(OCc4cc(C)cc(C)c4)c(Cl)c3)C2=O)cc1. The Bertz CT molecular complexity index is 1330. The molecule has 178 valence electrons. The second-order valence-corrected chi connectivity index (χ2v) is 8.86. The number of urea groups is 1. The number of carbonyl (C=O) groups is 3. The molecule has 3 aromatic carbocycles. The molecule has 1 aliphatic heterocycles. The molecule has 7 heteroatoms. The monoisotopic (exact) mass is 488 g/mol. The second-order valence-electron chi connectivity index (χ2n) is 8.45. The normalized spacial score (nSPS) is 14.9. The van der Waals surface area contributed by atoms with Gasteiger partial charge in [-0.15, -0.1) is 0 Å². The largest absolute Gasteiger partial charge is 0.487 e. The summed E-state index contributed by atoms with van der Waals surface area (Å²) in [5.74, 6) is -0.970. The second kappa shape index (κ2) is 10.2. The molecule has 0 spiro atoms. The quantitative estimate of drug-likeness (QED) is 0.353. The topological polar surface area (TPSA) is 75.7 Å². The summed E-state index contributed by atoms with van der Waals surface area (Å²) in [6, 6.07) is 17.5. The fraction of sp³-hybridized carbons (Fsp3) is 0.179. The number of hydrogen-bond acceptors (Lipinski definition) is 4. The number of rotatable bonds is 6. The van der Waals surface area contributed by atoms with Crippen LogP contribution in [0.15, 0.2) is 66.2 Å². The van der Waals surface area contributed by atoms with Crippen LogP contribution >= 0.6 is 11.6 Å². The van der Waals surface area contributed by atoms with Crippen molar-refractivity contribution in [3.05, 3.63) is 99.1 Å². The Balaban J connectivity index is 1.55. The van der Waals surface area contributed by atoms with E-state index in [9.17, 15) is 14.4 Å². The highest BCUT2D eigenvalue weighted by Gasteiger charge is 2.36. The summed E-state index contributed by atoms with van der Waals surface area (Å²) in [6.45, 7) is 6.43. The van der Waals surface area contributed by atoms with E-state index in [-0.39, 0.29) is 5.57 Å². The number of hydrogen-bond donors (Lipinski definition) is 1. The van der Waals surface area contributed by atoms with E-state index in [1.54, 1.807) is 30.3 Å². The third-order valence-corrected chi connectivity index (χ3v) is 5.94. The standard InChI is InChI=1S/C28H25ClN2O4/c1-4-19-5-8-22(9-6-19)31-27(33)23(26(32)30-28(31)34)14-20-7-10-25(24(29)15-20)35-16-21-12-17(2)11-18(3)13-21/h5-15H,4,16H2,1-3H3,(H,30,32,34)/b23-14+. The van der Waals surface area contributed by atoms with Gasteiger partial charge >= 0.3 is 6.03 Å². The third kappa shape index (κ3) is 5.44. The summed E-state index contributed by atoms with van der Waals surface area (Å²) in [5.41, 5.74) is 5.16. The summed E-state index contributed by atoms with van der Waals surface area (Å²) >= 11 is 6.42. The Morgan fingerprint density at radius 3 is 2.23 bits per heavy atom.